The second kappa shape index (κ2) is 5.91. The van der Waals surface area contributed by atoms with E-state index in [0.29, 0.717) is 25.6 Å². The van der Waals surface area contributed by atoms with Crippen LogP contribution in [0.1, 0.15) is 12.6 Å². The summed E-state index contributed by atoms with van der Waals surface area (Å²) < 4.78 is 8.37. The number of carbonyl (C=O) groups is 1. The number of ether oxygens (including phenoxy) is 1. The fraction of sp³-hybridized carbons (Fsp3) is 0.583. The highest BCUT2D eigenvalue weighted by Crippen LogP contribution is 2.20. The molecule has 0 bridgehead atoms. The Kier molecular flexibility index (Phi) is 4.23. The van der Waals surface area contributed by atoms with Crippen molar-refractivity contribution in [3.8, 4) is 0 Å². The van der Waals surface area contributed by atoms with Gasteiger partial charge in [-0.2, -0.15) is 5.10 Å². The molecule has 0 atom stereocenters. The lowest BCUT2D eigenvalue weighted by Gasteiger charge is -2.08. The number of nitrogens with zero attached hydrogens (tertiary/aromatic N) is 4. The van der Waals surface area contributed by atoms with Crippen LogP contribution < -0.4 is 11.1 Å². The van der Waals surface area contributed by atoms with Crippen molar-refractivity contribution in [3.63, 3.8) is 0 Å². The number of imidazole rings is 1. The number of anilines is 1. The number of carbonyl (C=O) groups excluding carboxylic acids is 1. The average molecular weight is 280 g/mol. The summed E-state index contributed by atoms with van der Waals surface area (Å²) in [6.45, 7) is 5.63. The van der Waals surface area contributed by atoms with Crippen molar-refractivity contribution in [2.45, 2.75) is 26.9 Å². The number of nitrogens with two attached hydrogens (primary N) is 1. The maximum atomic E-state index is 11.9. The molecule has 8 nitrogen and oxygen atoms in total. The highest BCUT2D eigenvalue weighted by atomic mass is 16.5. The summed E-state index contributed by atoms with van der Waals surface area (Å²) in [6.07, 6.45) is 0. The highest BCUT2D eigenvalue weighted by molar-refractivity contribution is 5.82. The van der Waals surface area contributed by atoms with Crippen molar-refractivity contribution in [2.24, 2.45) is 0 Å². The second-order valence-corrected chi connectivity index (χ2v) is 4.47. The van der Waals surface area contributed by atoms with E-state index in [9.17, 15) is 4.79 Å². The van der Waals surface area contributed by atoms with Crippen LogP contribution in [-0.2, 0) is 22.6 Å². The SMILES string of the molecule is CCn1nc(C)c2nc(N)n(CC(=O)NCCOC)c21. The zero-order chi connectivity index (χ0) is 14.7. The fourth-order valence-electron chi connectivity index (χ4n) is 2.11. The van der Waals surface area contributed by atoms with E-state index in [0.717, 1.165) is 16.9 Å². The molecule has 2 aromatic rings. The normalized spacial score (nSPS) is 11.2. The van der Waals surface area contributed by atoms with Gasteiger partial charge in [0.05, 0.1) is 12.3 Å². The van der Waals surface area contributed by atoms with Crippen molar-refractivity contribution in [1.82, 2.24) is 24.6 Å². The van der Waals surface area contributed by atoms with Gasteiger partial charge in [0, 0.05) is 20.2 Å². The number of fused-ring (bicyclic) bond motifs is 1. The Morgan fingerprint density at radius 3 is 2.90 bits per heavy atom. The molecule has 8 heteroatoms. The first kappa shape index (κ1) is 14.3. The van der Waals surface area contributed by atoms with Crippen molar-refractivity contribution in [2.75, 3.05) is 26.0 Å². The van der Waals surface area contributed by atoms with Crippen molar-refractivity contribution < 1.29 is 9.53 Å². The van der Waals surface area contributed by atoms with E-state index < -0.39 is 0 Å². The van der Waals surface area contributed by atoms with E-state index in [2.05, 4.69) is 15.4 Å². The summed E-state index contributed by atoms with van der Waals surface area (Å²) in [5, 5.41) is 7.14. The summed E-state index contributed by atoms with van der Waals surface area (Å²) in [4.78, 5) is 16.2. The molecule has 0 saturated heterocycles. The first-order valence-corrected chi connectivity index (χ1v) is 6.53. The Morgan fingerprint density at radius 1 is 1.50 bits per heavy atom. The molecule has 2 rings (SSSR count). The molecule has 20 heavy (non-hydrogen) atoms. The van der Waals surface area contributed by atoms with E-state index in [1.807, 2.05) is 13.8 Å². The maximum absolute atomic E-state index is 11.9. The predicted molar refractivity (Wildman–Crippen MR) is 75.2 cm³/mol. The minimum Gasteiger partial charge on any atom is -0.383 e. The Morgan fingerprint density at radius 2 is 2.25 bits per heavy atom. The van der Waals surface area contributed by atoms with Gasteiger partial charge in [-0.15, -0.1) is 0 Å². The van der Waals surface area contributed by atoms with Crippen molar-refractivity contribution in [1.29, 1.82) is 0 Å². The van der Waals surface area contributed by atoms with E-state index in [-0.39, 0.29) is 12.5 Å². The zero-order valence-corrected chi connectivity index (χ0v) is 12.0. The summed E-state index contributed by atoms with van der Waals surface area (Å²) >= 11 is 0. The molecule has 0 aromatic carbocycles. The van der Waals surface area contributed by atoms with Gasteiger partial charge in [-0.25, -0.2) is 9.67 Å². The Labute approximate surface area is 116 Å². The van der Waals surface area contributed by atoms with Gasteiger partial charge in [-0.1, -0.05) is 0 Å². The van der Waals surface area contributed by atoms with Crippen molar-refractivity contribution >= 4 is 23.0 Å². The number of methoxy groups -OCH3 is 1. The number of nitrogen functional groups attached to an aromatic ring is 1. The molecule has 3 N–H and O–H groups in total. The molecular formula is C12H20N6O2. The topological polar surface area (TPSA) is 100.0 Å². The van der Waals surface area contributed by atoms with Crippen molar-refractivity contribution in [3.05, 3.63) is 5.69 Å². The summed E-state index contributed by atoms with van der Waals surface area (Å²) in [7, 11) is 1.59. The minimum atomic E-state index is -0.130. The Bertz CT molecular complexity index is 615. The number of rotatable bonds is 6. The molecule has 0 unspecified atom stereocenters. The van der Waals surface area contributed by atoms with E-state index in [1.165, 1.54) is 0 Å². The zero-order valence-electron chi connectivity index (χ0n) is 12.0. The summed E-state index contributed by atoms with van der Waals surface area (Å²) in [5.41, 5.74) is 8.24. The van der Waals surface area contributed by atoms with Gasteiger partial charge in [-0.3, -0.25) is 9.36 Å². The lowest BCUT2D eigenvalue weighted by atomic mass is 10.4. The highest BCUT2D eigenvalue weighted by Gasteiger charge is 2.18. The third-order valence-electron chi connectivity index (χ3n) is 3.06. The first-order valence-electron chi connectivity index (χ1n) is 6.53. The molecule has 0 aliphatic rings. The van der Waals surface area contributed by atoms with Gasteiger partial charge in [-0.05, 0) is 13.8 Å². The van der Waals surface area contributed by atoms with E-state index >= 15 is 0 Å². The average Bonchev–Trinajstić information content (AvgIpc) is 2.89. The molecule has 0 spiro atoms. The second-order valence-electron chi connectivity index (χ2n) is 4.47. The van der Waals surface area contributed by atoms with Crippen LogP contribution in [0.2, 0.25) is 0 Å². The van der Waals surface area contributed by atoms with E-state index in [1.54, 1.807) is 16.4 Å². The smallest absolute Gasteiger partial charge is 0.240 e. The summed E-state index contributed by atoms with van der Waals surface area (Å²) in [5.74, 6) is 0.194. The van der Waals surface area contributed by atoms with Gasteiger partial charge < -0.3 is 15.8 Å². The molecule has 1 amide bonds. The molecule has 0 saturated carbocycles. The fourth-order valence-corrected chi connectivity index (χ4v) is 2.11. The third-order valence-corrected chi connectivity index (χ3v) is 3.06. The molecule has 2 heterocycles. The maximum Gasteiger partial charge on any atom is 0.240 e. The number of hydrogen-bond donors (Lipinski definition) is 2. The summed E-state index contributed by atoms with van der Waals surface area (Å²) in [6, 6.07) is 0. The van der Waals surface area contributed by atoms with Crippen LogP contribution in [0.25, 0.3) is 11.2 Å². The number of nitrogens with one attached hydrogen (secondary N) is 1. The first-order chi connectivity index (χ1) is 9.58. The van der Waals surface area contributed by atoms with Crippen LogP contribution in [0.4, 0.5) is 5.95 Å². The molecule has 0 aliphatic heterocycles. The molecule has 0 aliphatic carbocycles. The van der Waals surface area contributed by atoms with Crippen LogP contribution in [0.3, 0.4) is 0 Å². The van der Waals surface area contributed by atoms with Crippen LogP contribution >= 0.6 is 0 Å². The van der Waals surface area contributed by atoms with Crippen LogP contribution in [0.15, 0.2) is 0 Å². The predicted octanol–water partition coefficient (Wildman–Crippen LogP) is -0.0941. The van der Waals surface area contributed by atoms with Crippen LogP contribution in [-0.4, -0.2) is 45.5 Å². The lowest BCUT2D eigenvalue weighted by Crippen LogP contribution is -2.31. The monoisotopic (exact) mass is 280 g/mol. The molecule has 0 radical (unpaired) electrons. The quantitative estimate of drug-likeness (QED) is 0.720. The standard InChI is InChI=1S/C12H20N6O2/c1-4-18-11-10(8(2)16-18)15-12(13)17(11)7-9(19)14-5-6-20-3/h4-7H2,1-3H3,(H2,13,15)(H,14,19). The molecule has 0 fully saturated rings. The number of aromatic nitrogens is 4. The van der Waals surface area contributed by atoms with Gasteiger partial charge in [0.15, 0.2) is 5.65 Å². The third kappa shape index (κ3) is 2.60. The van der Waals surface area contributed by atoms with Gasteiger partial charge in [0.2, 0.25) is 11.9 Å². The number of aryl methyl sites for hydroxylation is 2. The number of amides is 1. The number of hydrogen-bond acceptors (Lipinski definition) is 5. The van der Waals surface area contributed by atoms with Crippen LogP contribution in [0.5, 0.6) is 0 Å². The van der Waals surface area contributed by atoms with Gasteiger partial charge in [0.1, 0.15) is 12.1 Å². The van der Waals surface area contributed by atoms with Crippen LogP contribution in [0, 0.1) is 6.92 Å². The lowest BCUT2D eigenvalue weighted by molar-refractivity contribution is -0.121. The Hall–Kier alpha value is -2.09. The minimum absolute atomic E-state index is 0.122. The van der Waals surface area contributed by atoms with Gasteiger partial charge in [0.25, 0.3) is 0 Å². The van der Waals surface area contributed by atoms with Gasteiger partial charge >= 0.3 is 0 Å². The molecule has 110 valence electrons. The molecular weight excluding hydrogens is 260 g/mol. The Balaban J connectivity index is 2.25. The largest absolute Gasteiger partial charge is 0.383 e. The van der Waals surface area contributed by atoms with E-state index in [4.69, 9.17) is 10.5 Å². The molecule has 2 aromatic heterocycles.